The van der Waals surface area contributed by atoms with E-state index < -0.39 is 12.2 Å². The molecule has 0 saturated carbocycles. The van der Waals surface area contributed by atoms with Gasteiger partial charge in [0.25, 0.3) is 6.43 Å². The summed E-state index contributed by atoms with van der Waals surface area (Å²) in [4.78, 5) is 9.92. The van der Waals surface area contributed by atoms with Crippen molar-refractivity contribution in [3.63, 3.8) is 0 Å². The predicted molar refractivity (Wildman–Crippen MR) is 25.8 cm³/mol. The van der Waals surface area contributed by atoms with Gasteiger partial charge in [-0.3, -0.25) is 4.79 Å². The van der Waals surface area contributed by atoms with Crippen molar-refractivity contribution < 1.29 is 13.6 Å². The molecule has 46 valence electrons. The summed E-state index contributed by atoms with van der Waals surface area (Å²) in [5, 5.41) is 0. The quantitative estimate of drug-likeness (QED) is 0.514. The van der Waals surface area contributed by atoms with Gasteiger partial charge in [0.1, 0.15) is 0 Å². The number of Topliss-reactive ketones (excluding diaryl/α,β-unsaturated/α-hetero) is 1. The monoisotopic (exact) mass is 120 g/mol. The van der Waals surface area contributed by atoms with E-state index in [0.29, 0.717) is 0 Å². The van der Waals surface area contributed by atoms with Crippen molar-refractivity contribution in [2.24, 2.45) is 0 Å². The molecule has 0 atom stereocenters. The van der Waals surface area contributed by atoms with Gasteiger partial charge in [0.15, 0.2) is 0 Å². The summed E-state index contributed by atoms with van der Waals surface area (Å²) < 4.78 is 22.4. The van der Waals surface area contributed by atoms with E-state index in [0.717, 1.165) is 6.08 Å². The molecule has 0 unspecified atom stereocenters. The van der Waals surface area contributed by atoms with E-state index in [2.05, 4.69) is 6.58 Å². The second-order valence-electron chi connectivity index (χ2n) is 1.26. The van der Waals surface area contributed by atoms with Crippen LogP contribution in [0.1, 0.15) is 6.42 Å². The maximum absolute atomic E-state index is 11.2. The van der Waals surface area contributed by atoms with Crippen molar-refractivity contribution in [2.75, 3.05) is 0 Å². The van der Waals surface area contributed by atoms with Crippen molar-refractivity contribution in [1.82, 2.24) is 0 Å². The Labute approximate surface area is 46.0 Å². The van der Waals surface area contributed by atoms with Crippen molar-refractivity contribution in [3.05, 3.63) is 12.7 Å². The summed E-state index contributed by atoms with van der Waals surface area (Å²) in [6.45, 7) is 3.13. The maximum Gasteiger partial charge on any atom is 0.296 e. The molecule has 0 N–H and O–H groups in total. The first-order valence-corrected chi connectivity index (χ1v) is 2.10. The van der Waals surface area contributed by atoms with Crippen molar-refractivity contribution in [3.8, 4) is 0 Å². The number of ketones is 1. The lowest BCUT2D eigenvalue weighted by molar-refractivity contribution is -0.128. The minimum atomic E-state index is -2.84. The van der Waals surface area contributed by atoms with Crippen LogP contribution in [0.4, 0.5) is 8.78 Å². The Morgan fingerprint density at radius 1 is 1.75 bits per heavy atom. The molecule has 0 aromatic rings. The van der Waals surface area contributed by atoms with Gasteiger partial charge in [-0.05, 0) is 0 Å². The smallest absolute Gasteiger partial charge is 0.293 e. The van der Waals surface area contributed by atoms with Gasteiger partial charge in [0.05, 0.1) is 0 Å². The Balaban J connectivity index is 3.48. The average Bonchev–Trinajstić information content (AvgIpc) is 1.67. The van der Waals surface area contributed by atoms with E-state index in [1.165, 1.54) is 0 Å². The third-order valence-electron chi connectivity index (χ3n) is 0.589. The predicted octanol–water partition coefficient (Wildman–Crippen LogP) is 1.40. The first kappa shape index (κ1) is 7.27. The van der Waals surface area contributed by atoms with Crippen LogP contribution in [-0.4, -0.2) is 12.2 Å². The molecule has 0 radical (unpaired) electrons. The topological polar surface area (TPSA) is 17.1 Å². The van der Waals surface area contributed by atoms with E-state index in [1.54, 1.807) is 0 Å². The lowest BCUT2D eigenvalue weighted by Crippen LogP contribution is -2.07. The second kappa shape index (κ2) is 3.29. The fourth-order valence-corrected chi connectivity index (χ4v) is 0.231. The van der Waals surface area contributed by atoms with Gasteiger partial charge < -0.3 is 0 Å². The van der Waals surface area contributed by atoms with E-state index >= 15 is 0 Å². The van der Waals surface area contributed by atoms with Crippen LogP contribution in [0.5, 0.6) is 0 Å². The van der Waals surface area contributed by atoms with Crippen molar-refractivity contribution in [2.45, 2.75) is 12.8 Å². The van der Waals surface area contributed by atoms with E-state index in [-0.39, 0.29) is 6.42 Å². The van der Waals surface area contributed by atoms with Crippen molar-refractivity contribution >= 4 is 5.78 Å². The van der Waals surface area contributed by atoms with Crippen LogP contribution < -0.4 is 0 Å². The van der Waals surface area contributed by atoms with Gasteiger partial charge >= 0.3 is 0 Å². The number of carbonyl (C=O) groups is 1. The number of hydrogen-bond donors (Lipinski definition) is 0. The molecule has 0 aliphatic heterocycles. The van der Waals surface area contributed by atoms with Crippen LogP contribution in [0.2, 0.25) is 0 Å². The molecule has 0 aliphatic rings. The van der Waals surface area contributed by atoms with E-state index in [9.17, 15) is 13.6 Å². The van der Waals surface area contributed by atoms with Crippen LogP contribution in [0, 0.1) is 0 Å². The first-order valence-electron chi connectivity index (χ1n) is 2.10. The van der Waals surface area contributed by atoms with Gasteiger partial charge in [0, 0.05) is 6.42 Å². The highest BCUT2D eigenvalue weighted by Gasteiger charge is 2.11. The fourth-order valence-electron chi connectivity index (χ4n) is 0.231. The van der Waals surface area contributed by atoms with Gasteiger partial charge in [-0.25, -0.2) is 8.78 Å². The Morgan fingerprint density at radius 3 is 2.38 bits per heavy atom. The van der Waals surface area contributed by atoms with Gasteiger partial charge in [0.2, 0.25) is 5.78 Å². The molecule has 0 fully saturated rings. The Kier molecular flexibility index (Phi) is 2.99. The number of hydrogen-bond acceptors (Lipinski definition) is 1. The standard InChI is InChI=1S/C5H6F2O/c1-2-3-4(8)5(6)7/h2,5H,1,3H2. The lowest BCUT2D eigenvalue weighted by atomic mass is 10.3. The largest absolute Gasteiger partial charge is 0.296 e. The summed E-state index contributed by atoms with van der Waals surface area (Å²) in [6.07, 6.45) is -1.92. The van der Waals surface area contributed by atoms with Gasteiger partial charge in [-0.15, -0.1) is 6.58 Å². The third kappa shape index (κ3) is 2.44. The van der Waals surface area contributed by atoms with Crippen LogP contribution in [0.3, 0.4) is 0 Å². The average molecular weight is 120 g/mol. The van der Waals surface area contributed by atoms with Crippen LogP contribution >= 0.6 is 0 Å². The molecule has 0 spiro atoms. The minimum absolute atomic E-state index is 0.238. The zero-order chi connectivity index (χ0) is 6.57. The zero-order valence-electron chi connectivity index (χ0n) is 4.23. The summed E-state index contributed by atoms with van der Waals surface area (Å²) in [7, 11) is 0. The summed E-state index contributed by atoms with van der Waals surface area (Å²) in [5.41, 5.74) is 0. The minimum Gasteiger partial charge on any atom is -0.293 e. The zero-order valence-corrected chi connectivity index (χ0v) is 4.23. The van der Waals surface area contributed by atoms with Gasteiger partial charge in [-0.1, -0.05) is 6.08 Å². The maximum atomic E-state index is 11.2. The highest BCUT2D eigenvalue weighted by atomic mass is 19.3. The van der Waals surface area contributed by atoms with Crippen LogP contribution in [0.25, 0.3) is 0 Å². The number of allylic oxidation sites excluding steroid dienone is 1. The molecule has 0 aromatic heterocycles. The highest BCUT2D eigenvalue weighted by molar-refractivity contribution is 5.82. The summed E-state index contributed by atoms with van der Waals surface area (Å²) in [5.74, 6) is -1.07. The third-order valence-corrected chi connectivity index (χ3v) is 0.589. The number of alkyl halides is 2. The molecule has 0 rings (SSSR count). The normalized spacial score (nSPS) is 9.38. The highest BCUT2D eigenvalue weighted by Crippen LogP contribution is 1.97. The first-order chi connectivity index (χ1) is 3.68. The molecule has 8 heavy (non-hydrogen) atoms. The van der Waals surface area contributed by atoms with E-state index in [4.69, 9.17) is 0 Å². The molecule has 0 bridgehead atoms. The molecule has 3 heteroatoms. The van der Waals surface area contributed by atoms with Crippen LogP contribution in [-0.2, 0) is 4.79 Å². The summed E-state index contributed by atoms with van der Waals surface area (Å²) in [6, 6.07) is 0. The second-order valence-corrected chi connectivity index (χ2v) is 1.26. The molecule has 1 nitrogen and oxygen atoms in total. The molecule has 0 amide bonds. The lowest BCUT2D eigenvalue weighted by Gasteiger charge is -1.89. The fraction of sp³-hybridized carbons (Fsp3) is 0.400. The Bertz CT molecular complexity index is 98.6. The Morgan fingerprint density at radius 2 is 2.25 bits per heavy atom. The van der Waals surface area contributed by atoms with Gasteiger partial charge in [-0.2, -0.15) is 0 Å². The Hall–Kier alpha value is -0.730. The number of carbonyl (C=O) groups excluding carboxylic acids is 1. The number of rotatable bonds is 3. The molecule has 0 aromatic carbocycles. The van der Waals surface area contributed by atoms with Crippen LogP contribution in [0.15, 0.2) is 12.7 Å². The SMILES string of the molecule is C=CCC(=O)C(F)F. The molecule has 0 saturated heterocycles. The van der Waals surface area contributed by atoms with E-state index in [1.807, 2.05) is 0 Å². The number of halogens is 2. The molecule has 0 heterocycles. The molecular formula is C5H6F2O. The van der Waals surface area contributed by atoms with Crippen molar-refractivity contribution in [1.29, 1.82) is 0 Å². The molecular weight excluding hydrogens is 114 g/mol. The summed E-state index contributed by atoms with van der Waals surface area (Å²) >= 11 is 0. The molecule has 0 aliphatic carbocycles.